The fourth-order valence-corrected chi connectivity index (χ4v) is 4.22. The Morgan fingerprint density at radius 3 is 2.19 bits per heavy atom. The first-order chi connectivity index (χ1) is 21.9. The Balaban J connectivity index is 0.000000644. The lowest BCUT2D eigenvalue weighted by molar-refractivity contribution is -0.192. The fourth-order valence-electron chi connectivity index (χ4n) is 4.22. The van der Waals surface area contributed by atoms with E-state index >= 15 is 0 Å². The van der Waals surface area contributed by atoms with E-state index in [9.17, 15) is 40.7 Å². The normalized spacial score (nSPS) is 11.4. The van der Waals surface area contributed by atoms with Gasteiger partial charge in [0.25, 0.3) is 17.6 Å². The number of hydrogen-bond acceptors (Lipinski definition) is 5. The number of carboxylic acid groups (broad SMARTS) is 1. The number of imidazole rings is 1. The SMILES string of the molecule is Cc1cn(-c2cc(C(=O)Nc3ccc(C)c(NC(=O)C(=O)c4c[nH]c5ccccc45)c3)cc(C(F)(F)F)c2)cn1.O=C(O)C(F)(F)F. The molecule has 0 bridgehead atoms. The van der Waals surface area contributed by atoms with Gasteiger partial charge in [-0.25, -0.2) is 9.78 Å². The molecule has 3 aromatic carbocycles. The van der Waals surface area contributed by atoms with Crippen LogP contribution in [0.1, 0.15) is 37.5 Å². The van der Waals surface area contributed by atoms with Crippen molar-refractivity contribution < 1.29 is 50.6 Å². The average Bonchev–Trinajstić information content (AvgIpc) is 3.64. The average molecular weight is 660 g/mol. The minimum Gasteiger partial charge on any atom is -0.475 e. The molecule has 5 rings (SSSR count). The number of alkyl halides is 6. The van der Waals surface area contributed by atoms with E-state index < -0.39 is 41.5 Å². The number of para-hydroxylation sites is 1. The lowest BCUT2D eigenvalue weighted by atomic mass is 10.1. The molecule has 0 fully saturated rings. The zero-order valence-corrected chi connectivity index (χ0v) is 24.2. The van der Waals surface area contributed by atoms with Gasteiger partial charge in [0.1, 0.15) is 0 Å². The van der Waals surface area contributed by atoms with Gasteiger partial charge in [0.05, 0.1) is 23.1 Å². The smallest absolute Gasteiger partial charge is 0.475 e. The summed E-state index contributed by atoms with van der Waals surface area (Å²) in [6.07, 6.45) is -5.40. The highest BCUT2D eigenvalue weighted by Crippen LogP contribution is 2.32. The number of rotatable bonds is 6. The molecule has 0 radical (unpaired) electrons. The molecule has 4 N–H and O–H groups in total. The number of nitrogens with zero attached hydrogens (tertiary/aromatic N) is 2. The van der Waals surface area contributed by atoms with Crippen molar-refractivity contribution in [3.8, 4) is 5.69 Å². The predicted molar refractivity (Wildman–Crippen MR) is 157 cm³/mol. The minimum atomic E-state index is -5.08. The quantitative estimate of drug-likeness (QED) is 0.0907. The molecule has 47 heavy (non-hydrogen) atoms. The number of aromatic nitrogens is 3. The molecule has 0 saturated carbocycles. The third-order valence-electron chi connectivity index (χ3n) is 6.54. The molecule has 2 heterocycles. The molecule has 0 spiro atoms. The van der Waals surface area contributed by atoms with Crippen LogP contribution in [0.25, 0.3) is 16.6 Å². The largest absolute Gasteiger partial charge is 0.490 e. The maximum atomic E-state index is 13.6. The van der Waals surface area contributed by atoms with Crippen LogP contribution in [-0.4, -0.2) is 49.4 Å². The van der Waals surface area contributed by atoms with E-state index in [2.05, 4.69) is 20.6 Å². The Morgan fingerprint density at radius 2 is 1.57 bits per heavy atom. The number of ketones is 1. The molecular weight excluding hydrogens is 636 g/mol. The van der Waals surface area contributed by atoms with Crippen LogP contribution < -0.4 is 10.6 Å². The number of anilines is 2. The van der Waals surface area contributed by atoms with Crippen LogP contribution in [0, 0.1) is 13.8 Å². The fraction of sp³-hybridized carbons (Fsp3) is 0.129. The molecule has 0 aliphatic carbocycles. The van der Waals surface area contributed by atoms with E-state index in [0.29, 0.717) is 22.2 Å². The van der Waals surface area contributed by atoms with Crippen LogP contribution in [0.15, 0.2) is 79.4 Å². The van der Waals surface area contributed by atoms with Gasteiger partial charge in [-0.15, -0.1) is 0 Å². The van der Waals surface area contributed by atoms with Gasteiger partial charge in [0, 0.05) is 45.9 Å². The zero-order chi connectivity index (χ0) is 34.7. The molecular formula is C31H23F6N5O5. The molecule has 2 aromatic heterocycles. The van der Waals surface area contributed by atoms with Crippen LogP contribution >= 0.6 is 0 Å². The van der Waals surface area contributed by atoms with E-state index in [1.54, 1.807) is 50.4 Å². The highest BCUT2D eigenvalue weighted by molar-refractivity contribution is 6.48. The van der Waals surface area contributed by atoms with Gasteiger partial charge in [-0.3, -0.25) is 14.4 Å². The number of hydrogen-bond donors (Lipinski definition) is 4. The van der Waals surface area contributed by atoms with Crippen molar-refractivity contribution in [1.82, 2.24) is 14.5 Å². The molecule has 0 atom stereocenters. The summed E-state index contributed by atoms with van der Waals surface area (Å²) in [7, 11) is 0. The Bertz CT molecular complexity index is 1990. The van der Waals surface area contributed by atoms with Gasteiger partial charge >= 0.3 is 18.3 Å². The van der Waals surface area contributed by atoms with Gasteiger partial charge in [0.15, 0.2) is 0 Å². The second kappa shape index (κ2) is 13.2. The Labute approximate surface area is 261 Å². The van der Waals surface area contributed by atoms with Gasteiger partial charge < -0.3 is 25.3 Å². The summed E-state index contributed by atoms with van der Waals surface area (Å²) in [5, 5.41) is 12.9. The van der Waals surface area contributed by atoms with Crippen LogP contribution in [-0.2, 0) is 15.8 Å². The van der Waals surface area contributed by atoms with Crippen LogP contribution in [0.2, 0.25) is 0 Å². The number of carbonyl (C=O) groups excluding carboxylic acids is 3. The van der Waals surface area contributed by atoms with Crippen molar-refractivity contribution in [1.29, 1.82) is 0 Å². The van der Waals surface area contributed by atoms with Gasteiger partial charge in [-0.05, 0) is 55.8 Å². The van der Waals surface area contributed by atoms with E-state index in [4.69, 9.17) is 9.90 Å². The number of nitrogens with one attached hydrogen (secondary N) is 3. The molecule has 10 nitrogen and oxygen atoms in total. The number of aliphatic carboxylic acids is 1. The molecule has 16 heteroatoms. The van der Waals surface area contributed by atoms with Crippen molar-refractivity contribution in [3.63, 3.8) is 0 Å². The lowest BCUT2D eigenvalue weighted by Crippen LogP contribution is -2.23. The highest BCUT2D eigenvalue weighted by atomic mass is 19.4. The Kier molecular flexibility index (Phi) is 9.54. The summed E-state index contributed by atoms with van der Waals surface area (Å²) in [5.41, 5.74) is 1.50. The van der Waals surface area contributed by atoms with E-state index in [0.717, 1.165) is 12.1 Å². The predicted octanol–water partition coefficient (Wildman–Crippen LogP) is 6.70. The molecule has 244 valence electrons. The second-order valence-corrected chi connectivity index (χ2v) is 10.0. The van der Waals surface area contributed by atoms with Crippen molar-refractivity contribution in [2.45, 2.75) is 26.2 Å². The summed E-state index contributed by atoms with van der Waals surface area (Å²) >= 11 is 0. The third-order valence-corrected chi connectivity index (χ3v) is 6.54. The summed E-state index contributed by atoms with van der Waals surface area (Å²) in [6, 6.07) is 14.7. The third kappa shape index (κ3) is 8.22. The number of carbonyl (C=O) groups is 4. The number of amides is 2. The van der Waals surface area contributed by atoms with E-state index in [1.165, 1.54) is 35.3 Å². The first-order valence-electron chi connectivity index (χ1n) is 13.3. The number of carboxylic acids is 1. The van der Waals surface area contributed by atoms with Gasteiger partial charge in [-0.2, -0.15) is 26.3 Å². The number of Topliss-reactive ketones (excluding diaryl/α,β-unsaturated/α-hetero) is 1. The summed E-state index contributed by atoms with van der Waals surface area (Å²) < 4.78 is 73.9. The zero-order valence-electron chi connectivity index (χ0n) is 24.2. The van der Waals surface area contributed by atoms with Gasteiger partial charge in [-0.1, -0.05) is 24.3 Å². The standard InChI is InChI=1S/C29H22F3N5O3.C2HF3O2/c1-16-7-8-20(12-25(16)36-28(40)26(38)23-13-33-24-6-4-3-5-22(23)24)35-27(39)18-9-19(29(30,31)32)11-21(10-18)37-14-17(2)34-15-37;3-2(4,5)1(6)7/h3-15,33H,1-2H3,(H,35,39)(H,36,40);(H,6,7). The number of aryl methyl sites for hydroxylation is 2. The molecule has 0 aliphatic heterocycles. The number of fused-ring (bicyclic) bond motifs is 1. The summed E-state index contributed by atoms with van der Waals surface area (Å²) in [6.45, 7) is 3.39. The van der Waals surface area contributed by atoms with E-state index in [-0.39, 0.29) is 28.2 Å². The lowest BCUT2D eigenvalue weighted by Gasteiger charge is -2.14. The van der Waals surface area contributed by atoms with Crippen molar-refractivity contribution in [2.75, 3.05) is 10.6 Å². The first-order valence-corrected chi connectivity index (χ1v) is 13.3. The number of halogens is 6. The first kappa shape index (κ1) is 34.0. The molecule has 5 aromatic rings. The Morgan fingerprint density at radius 1 is 0.894 bits per heavy atom. The van der Waals surface area contributed by atoms with Crippen LogP contribution in [0.4, 0.5) is 37.7 Å². The maximum Gasteiger partial charge on any atom is 0.490 e. The monoisotopic (exact) mass is 659 g/mol. The Hall–Kier alpha value is -5.93. The molecule has 0 aliphatic rings. The topological polar surface area (TPSA) is 146 Å². The van der Waals surface area contributed by atoms with Gasteiger partial charge in [0.2, 0.25) is 0 Å². The van der Waals surface area contributed by atoms with E-state index in [1.807, 2.05) is 0 Å². The minimum absolute atomic E-state index is 0.119. The second-order valence-electron chi connectivity index (χ2n) is 10.0. The van der Waals surface area contributed by atoms with Crippen molar-refractivity contribution in [3.05, 3.63) is 107 Å². The molecule has 2 amide bonds. The summed E-state index contributed by atoms with van der Waals surface area (Å²) in [4.78, 5) is 54.6. The molecule has 0 saturated heterocycles. The van der Waals surface area contributed by atoms with Crippen LogP contribution in [0.5, 0.6) is 0 Å². The number of aromatic amines is 1. The van der Waals surface area contributed by atoms with Crippen molar-refractivity contribution >= 4 is 45.8 Å². The van der Waals surface area contributed by atoms with Crippen molar-refractivity contribution in [2.24, 2.45) is 0 Å². The van der Waals surface area contributed by atoms with Crippen LogP contribution in [0.3, 0.4) is 0 Å². The highest BCUT2D eigenvalue weighted by Gasteiger charge is 2.38. The maximum absolute atomic E-state index is 13.6. The number of H-pyrrole nitrogens is 1. The molecule has 0 unspecified atom stereocenters. The summed E-state index contributed by atoms with van der Waals surface area (Å²) in [5.74, 6) is -5.18. The number of benzene rings is 3.